The lowest BCUT2D eigenvalue weighted by molar-refractivity contribution is -0.206. The van der Waals surface area contributed by atoms with Gasteiger partial charge in [0.1, 0.15) is 6.17 Å². The number of hydrogen-bond acceptors (Lipinski definition) is 3. The molecule has 1 fully saturated rings. The number of halogens is 1. The number of ether oxygens (including phenoxy) is 2. The van der Waals surface area contributed by atoms with E-state index >= 15 is 4.39 Å². The van der Waals surface area contributed by atoms with Gasteiger partial charge in [0.15, 0.2) is 6.29 Å². The summed E-state index contributed by atoms with van der Waals surface area (Å²) in [6, 6.07) is 12.3. The van der Waals surface area contributed by atoms with E-state index in [1.54, 1.807) is 0 Å². The number of unbranched alkanes of at least 4 members (excludes halogenated alkanes) is 9. The summed E-state index contributed by atoms with van der Waals surface area (Å²) in [6.45, 7) is 7.90. The second-order valence-electron chi connectivity index (χ2n) is 11.2. The molecule has 0 amide bonds. The average molecular weight is 526 g/mol. The molecule has 0 spiro atoms. The summed E-state index contributed by atoms with van der Waals surface area (Å²) in [6.07, 6.45) is 17.4. The maximum atomic E-state index is 15.1. The first-order valence-electron chi connectivity index (χ1n) is 15.6. The Hall–Kier alpha value is -1.78. The van der Waals surface area contributed by atoms with E-state index in [0.29, 0.717) is 12.3 Å². The minimum atomic E-state index is -0.838. The Morgan fingerprint density at radius 1 is 0.816 bits per heavy atom. The maximum Gasteiger partial charge on any atom is 0.185 e. The molecule has 3 nitrogen and oxygen atoms in total. The summed E-state index contributed by atoms with van der Waals surface area (Å²) in [7, 11) is 0. The third-order valence-electron chi connectivity index (χ3n) is 8.07. The number of pyridine rings is 1. The summed E-state index contributed by atoms with van der Waals surface area (Å²) in [5.74, 6) is 0.398. The molecule has 3 rings (SSSR count). The van der Waals surface area contributed by atoms with Crippen LogP contribution in [0.5, 0.6) is 0 Å². The molecule has 0 aliphatic carbocycles. The van der Waals surface area contributed by atoms with Crippen LogP contribution in [0.4, 0.5) is 4.39 Å². The molecule has 2 aromatic rings. The average Bonchev–Trinajstić information content (AvgIpc) is 2.97. The van der Waals surface area contributed by atoms with Crippen LogP contribution in [0, 0.1) is 5.92 Å². The Labute approximate surface area is 231 Å². The SMILES string of the molecule is CCCCCCCCCC[C@H]1CO[C@H](c2ccc(-c3ccccc3C(CCCCC)C(F)CC)nc2)OC1. The minimum Gasteiger partial charge on any atom is -0.348 e. The van der Waals surface area contributed by atoms with Gasteiger partial charge in [-0.2, -0.15) is 0 Å². The van der Waals surface area contributed by atoms with Crippen molar-refractivity contribution in [2.75, 3.05) is 13.2 Å². The molecule has 1 saturated heterocycles. The second-order valence-corrected chi connectivity index (χ2v) is 11.2. The zero-order chi connectivity index (χ0) is 27.0. The zero-order valence-corrected chi connectivity index (χ0v) is 24.3. The molecule has 1 aliphatic heterocycles. The summed E-state index contributed by atoms with van der Waals surface area (Å²) in [5, 5.41) is 0. The van der Waals surface area contributed by atoms with Gasteiger partial charge in [-0.05, 0) is 30.9 Å². The third-order valence-corrected chi connectivity index (χ3v) is 8.07. The van der Waals surface area contributed by atoms with Crippen LogP contribution < -0.4 is 0 Å². The molecule has 1 aliphatic rings. The van der Waals surface area contributed by atoms with Crippen LogP contribution in [0.1, 0.15) is 134 Å². The fourth-order valence-corrected chi connectivity index (χ4v) is 5.66. The largest absolute Gasteiger partial charge is 0.348 e. The van der Waals surface area contributed by atoms with Crippen molar-refractivity contribution in [3.63, 3.8) is 0 Å². The molecule has 38 heavy (non-hydrogen) atoms. The lowest BCUT2D eigenvalue weighted by atomic mass is 9.84. The summed E-state index contributed by atoms with van der Waals surface area (Å²) >= 11 is 0. The number of benzene rings is 1. The molecular formula is C34H52FNO2. The smallest absolute Gasteiger partial charge is 0.185 e. The van der Waals surface area contributed by atoms with Crippen molar-refractivity contribution in [3.05, 3.63) is 53.7 Å². The predicted molar refractivity (Wildman–Crippen MR) is 157 cm³/mol. The fourth-order valence-electron chi connectivity index (χ4n) is 5.66. The van der Waals surface area contributed by atoms with Crippen LogP contribution in [0.3, 0.4) is 0 Å². The van der Waals surface area contributed by atoms with E-state index in [-0.39, 0.29) is 12.2 Å². The van der Waals surface area contributed by atoms with E-state index in [0.717, 1.165) is 61.3 Å². The van der Waals surface area contributed by atoms with E-state index in [2.05, 4.69) is 32.0 Å². The zero-order valence-electron chi connectivity index (χ0n) is 24.3. The van der Waals surface area contributed by atoms with E-state index in [1.807, 2.05) is 31.3 Å². The van der Waals surface area contributed by atoms with Gasteiger partial charge in [0.25, 0.3) is 0 Å². The predicted octanol–water partition coefficient (Wildman–Crippen LogP) is 10.4. The summed E-state index contributed by atoms with van der Waals surface area (Å²) in [4.78, 5) is 4.78. The molecule has 0 saturated carbocycles. The highest BCUT2D eigenvalue weighted by Crippen LogP contribution is 2.36. The van der Waals surface area contributed by atoms with Crippen LogP contribution in [-0.4, -0.2) is 24.4 Å². The molecule has 0 bridgehead atoms. The highest BCUT2D eigenvalue weighted by molar-refractivity contribution is 5.64. The van der Waals surface area contributed by atoms with Crippen LogP contribution in [0.2, 0.25) is 0 Å². The number of aromatic nitrogens is 1. The van der Waals surface area contributed by atoms with Gasteiger partial charge in [-0.3, -0.25) is 4.98 Å². The molecule has 2 unspecified atom stereocenters. The topological polar surface area (TPSA) is 31.4 Å². The molecule has 0 N–H and O–H groups in total. The van der Waals surface area contributed by atoms with E-state index in [9.17, 15) is 0 Å². The van der Waals surface area contributed by atoms with Crippen molar-refractivity contribution in [1.29, 1.82) is 0 Å². The van der Waals surface area contributed by atoms with Crippen molar-refractivity contribution in [3.8, 4) is 11.3 Å². The van der Waals surface area contributed by atoms with Crippen molar-refractivity contribution in [1.82, 2.24) is 4.98 Å². The van der Waals surface area contributed by atoms with E-state index < -0.39 is 6.17 Å². The van der Waals surface area contributed by atoms with Crippen molar-refractivity contribution in [2.24, 2.45) is 5.92 Å². The fraction of sp³-hybridized carbons (Fsp3) is 0.676. The monoisotopic (exact) mass is 525 g/mol. The number of hydrogen-bond donors (Lipinski definition) is 0. The van der Waals surface area contributed by atoms with Gasteiger partial charge in [-0.15, -0.1) is 0 Å². The normalized spacial score (nSPS) is 19.4. The van der Waals surface area contributed by atoms with Gasteiger partial charge in [-0.25, -0.2) is 4.39 Å². The number of alkyl halides is 1. The van der Waals surface area contributed by atoms with Crippen LogP contribution in [0.25, 0.3) is 11.3 Å². The van der Waals surface area contributed by atoms with Gasteiger partial charge in [-0.1, -0.05) is 122 Å². The highest BCUT2D eigenvalue weighted by atomic mass is 19.1. The van der Waals surface area contributed by atoms with Gasteiger partial charge in [0.05, 0.1) is 18.9 Å². The Morgan fingerprint density at radius 3 is 2.13 bits per heavy atom. The quantitative estimate of drug-likeness (QED) is 0.181. The summed E-state index contributed by atoms with van der Waals surface area (Å²) in [5.41, 5.74) is 3.95. The van der Waals surface area contributed by atoms with Gasteiger partial charge in [0, 0.05) is 29.2 Å². The highest BCUT2D eigenvalue weighted by Gasteiger charge is 2.26. The first kappa shape index (κ1) is 30.8. The van der Waals surface area contributed by atoms with Crippen molar-refractivity contribution in [2.45, 2.75) is 129 Å². The number of nitrogens with zero attached hydrogens (tertiary/aromatic N) is 1. The molecule has 1 aromatic heterocycles. The van der Waals surface area contributed by atoms with E-state index in [4.69, 9.17) is 14.5 Å². The molecule has 2 heterocycles. The molecule has 1 aromatic carbocycles. The van der Waals surface area contributed by atoms with Crippen LogP contribution >= 0.6 is 0 Å². The Balaban J connectivity index is 1.51. The Bertz CT molecular complexity index is 878. The first-order chi connectivity index (χ1) is 18.7. The van der Waals surface area contributed by atoms with E-state index in [1.165, 1.54) is 57.8 Å². The van der Waals surface area contributed by atoms with Gasteiger partial charge < -0.3 is 9.47 Å². The number of rotatable bonds is 18. The lowest BCUT2D eigenvalue weighted by Crippen LogP contribution is -2.27. The standard InChI is InChI=1S/C34H52FNO2/c1-4-7-9-10-11-12-13-15-18-27-25-37-34(38-26-27)28-22-23-33(36-24-28)31-21-17-16-19-29(31)30(32(35)6-3)20-14-8-5-2/h16-17,19,21-24,27,30,32,34H,4-15,18,20,25-26H2,1-3H3/t27-,30?,32?,34-. The van der Waals surface area contributed by atoms with Crippen LogP contribution in [-0.2, 0) is 9.47 Å². The third kappa shape index (κ3) is 9.75. The minimum absolute atomic E-state index is 0.0905. The molecule has 0 radical (unpaired) electrons. The summed E-state index contributed by atoms with van der Waals surface area (Å²) < 4.78 is 27.3. The Morgan fingerprint density at radius 2 is 1.47 bits per heavy atom. The second kappa shape index (κ2) is 17.7. The molecule has 212 valence electrons. The molecule has 2 atom stereocenters. The van der Waals surface area contributed by atoms with Crippen molar-refractivity contribution >= 4 is 0 Å². The van der Waals surface area contributed by atoms with Gasteiger partial charge in [0.2, 0.25) is 0 Å². The molecule has 4 heteroatoms. The van der Waals surface area contributed by atoms with Crippen LogP contribution in [0.15, 0.2) is 42.6 Å². The first-order valence-corrected chi connectivity index (χ1v) is 15.6. The molecular weight excluding hydrogens is 473 g/mol. The maximum absolute atomic E-state index is 15.1. The van der Waals surface area contributed by atoms with Crippen molar-refractivity contribution < 1.29 is 13.9 Å². The Kier molecular flexibility index (Phi) is 14.4. The lowest BCUT2D eigenvalue weighted by Gasteiger charge is -2.29. The van der Waals surface area contributed by atoms with Gasteiger partial charge >= 0.3 is 0 Å².